The van der Waals surface area contributed by atoms with Crippen LogP contribution >= 0.6 is 34.5 Å². The monoisotopic (exact) mass is 522 g/mol. The van der Waals surface area contributed by atoms with E-state index in [0.717, 1.165) is 46.8 Å². The summed E-state index contributed by atoms with van der Waals surface area (Å²) in [7, 11) is 0. The molecule has 5 rings (SSSR count). The van der Waals surface area contributed by atoms with E-state index in [4.69, 9.17) is 38.2 Å². The van der Waals surface area contributed by atoms with Gasteiger partial charge in [0, 0.05) is 28.6 Å². The second-order valence-electron chi connectivity index (χ2n) is 8.33. The van der Waals surface area contributed by atoms with Crippen LogP contribution in [0.5, 0.6) is 0 Å². The van der Waals surface area contributed by atoms with E-state index in [-0.39, 0.29) is 0 Å². The first-order chi connectivity index (χ1) is 16.3. The van der Waals surface area contributed by atoms with Crippen LogP contribution < -0.4 is 5.32 Å². The number of nitrogens with zero attached hydrogens (tertiary/aromatic N) is 3. The predicted molar refractivity (Wildman–Crippen MR) is 130 cm³/mol. The number of fused-ring (bicyclic) bond motifs is 1. The minimum absolute atomic E-state index is 0.442. The number of thiazole rings is 1. The molecule has 1 aliphatic carbocycles. The van der Waals surface area contributed by atoms with E-state index in [1.165, 1.54) is 29.9 Å². The van der Waals surface area contributed by atoms with Crippen molar-refractivity contribution in [3.05, 3.63) is 74.5 Å². The van der Waals surface area contributed by atoms with E-state index < -0.39 is 11.7 Å². The SMILES string of the molecule is FC(F)(F)c1ccc(Nc2nc(CC3CCC3)nc3sc(Cc4c(Cl)cccc4Cl)nc23)cc1. The summed E-state index contributed by atoms with van der Waals surface area (Å²) in [6, 6.07) is 10.2. The van der Waals surface area contributed by atoms with Crippen molar-refractivity contribution in [2.45, 2.75) is 38.3 Å². The van der Waals surface area contributed by atoms with Crippen molar-refractivity contribution >= 4 is 56.4 Å². The highest BCUT2D eigenvalue weighted by Crippen LogP contribution is 2.35. The van der Waals surface area contributed by atoms with Crippen LogP contribution in [0.2, 0.25) is 10.0 Å². The van der Waals surface area contributed by atoms with Crippen LogP contribution in [-0.4, -0.2) is 15.0 Å². The number of aromatic nitrogens is 3. The highest BCUT2D eigenvalue weighted by Gasteiger charge is 2.30. The Morgan fingerprint density at radius 2 is 1.68 bits per heavy atom. The van der Waals surface area contributed by atoms with Gasteiger partial charge in [0.05, 0.1) is 5.56 Å². The van der Waals surface area contributed by atoms with Crippen molar-refractivity contribution in [1.82, 2.24) is 15.0 Å². The fourth-order valence-corrected chi connectivity index (χ4v) is 5.35. The number of rotatable bonds is 6. The largest absolute Gasteiger partial charge is 0.416 e. The maximum absolute atomic E-state index is 12.9. The summed E-state index contributed by atoms with van der Waals surface area (Å²) in [6.07, 6.45) is 0.343. The normalized spacial score (nSPS) is 14.4. The van der Waals surface area contributed by atoms with E-state index in [1.807, 2.05) is 0 Å². The smallest absolute Gasteiger partial charge is 0.338 e. The van der Waals surface area contributed by atoms with Crippen LogP contribution in [0.1, 0.15) is 41.2 Å². The predicted octanol–water partition coefficient (Wildman–Crippen LogP) is 8.09. The lowest BCUT2D eigenvalue weighted by Crippen LogP contribution is -2.15. The Balaban J connectivity index is 1.50. The molecule has 0 unspecified atom stereocenters. The molecule has 2 aromatic carbocycles. The molecule has 176 valence electrons. The molecule has 1 fully saturated rings. The van der Waals surface area contributed by atoms with Gasteiger partial charge in [-0.2, -0.15) is 13.2 Å². The zero-order chi connectivity index (χ0) is 23.9. The maximum Gasteiger partial charge on any atom is 0.416 e. The molecule has 4 nitrogen and oxygen atoms in total. The van der Waals surface area contributed by atoms with Crippen molar-refractivity contribution in [2.75, 3.05) is 5.32 Å². The molecule has 1 N–H and O–H groups in total. The second-order valence-corrected chi connectivity index (χ2v) is 10.2. The Hall–Kier alpha value is -2.42. The summed E-state index contributed by atoms with van der Waals surface area (Å²) in [5.41, 5.74) is 1.14. The van der Waals surface area contributed by atoms with Crippen LogP contribution in [0.15, 0.2) is 42.5 Å². The molecule has 1 aliphatic rings. The molecule has 0 spiro atoms. The van der Waals surface area contributed by atoms with Gasteiger partial charge < -0.3 is 5.32 Å². The van der Waals surface area contributed by atoms with Gasteiger partial charge in [-0.3, -0.25) is 0 Å². The Labute approximate surface area is 208 Å². The highest BCUT2D eigenvalue weighted by molar-refractivity contribution is 7.18. The zero-order valence-corrected chi connectivity index (χ0v) is 20.1. The molecule has 34 heavy (non-hydrogen) atoms. The van der Waals surface area contributed by atoms with Crippen LogP contribution in [0, 0.1) is 5.92 Å². The van der Waals surface area contributed by atoms with Gasteiger partial charge in [0.2, 0.25) is 0 Å². The van der Waals surface area contributed by atoms with Crippen molar-refractivity contribution in [3.8, 4) is 0 Å². The summed E-state index contributed by atoms with van der Waals surface area (Å²) in [4.78, 5) is 14.9. The number of halogens is 5. The lowest BCUT2D eigenvalue weighted by molar-refractivity contribution is -0.137. The number of anilines is 2. The third-order valence-corrected chi connectivity index (χ3v) is 7.57. The molecule has 4 aromatic rings. The first kappa shape index (κ1) is 23.3. The molecule has 1 saturated carbocycles. The number of alkyl halides is 3. The summed E-state index contributed by atoms with van der Waals surface area (Å²) in [5, 5.41) is 5.05. The lowest BCUT2D eigenvalue weighted by Gasteiger charge is -2.24. The van der Waals surface area contributed by atoms with Gasteiger partial charge in [0.15, 0.2) is 5.82 Å². The highest BCUT2D eigenvalue weighted by atomic mass is 35.5. The van der Waals surface area contributed by atoms with Crippen LogP contribution in [-0.2, 0) is 19.0 Å². The number of nitrogens with one attached hydrogen (secondary N) is 1. The average Bonchev–Trinajstić information content (AvgIpc) is 3.16. The fourth-order valence-electron chi connectivity index (χ4n) is 3.85. The van der Waals surface area contributed by atoms with E-state index in [0.29, 0.717) is 45.2 Å². The molecular weight excluding hydrogens is 504 g/mol. The first-order valence-electron chi connectivity index (χ1n) is 10.8. The molecular formula is C24H19Cl2F3N4S. The Bertz CT molecular complexity index is 1310. The molecule has 2 heterocycles. The minimum Gasteiger partial charge on any atom is -0.338 e. The van der Waals surface area contributed by atoms with Gasteiger partial charge >= 0.3 is 6.18 Å². The van der Waals surface area contributed by atoms with Crippen LogP contribution in [0.3, 0.4) is 0 Å². The van der Waals surface area contributed by atoms with E-state index in [1.54, 1.807) is 18.2 Å². The summed E-state index contributed by atoms with van der Waals surface area (Å²) >= 11 is 14.1. The van der Waals surface area contributed by atoms with Gasteiger partial charge in [-0.05, 0) is 47.9 Å². The molecule has 0 atom stereocenters. The second kappa shape index (κ2) is 9.32. The van der Waals surface area contributed by atoms with Gasteiger partial charge in [0.1, 0.15) is 21.2 Å². The topological polar surface area (TPSA) is 50.7 Å². The van der Waals surface area contributed by atoms with Crippen molar-refractivity contribution in [3.63, 3.8) is 0 Å². The van der Waals surface area contributed by atoms with Crippen molar-refractivity contribution in [1.29, 1.82) is 0 Å². The third kappa shape index (κ3) is 4.99. The first-order valence-corrected chi connectivity index (χ1v) is 12.4. The third-order valence-electron chi connectivity index (χ3n) is 5.91. The van der Waals surface area contributed by atoms with Gasteiger partial charge in [-0.25, -0.2) is 15.0 Å². The Morgan fingerprint density at radius 3 is 2.29 bits per heavy atom. The maximum atomic E-state index is 12.9. The zero-order valence-electron chi connectivity index (χ0n) is 17.8. The fraction of sp³-hybridized carbons (Fsp3) is 0.292. The molecule has 0 amide bonds. The standard InChI is InChI=1S/C24H19Cl2F3N4S/c25-17-5-2-6-18(26)16(17)12-20-33-21-22(30-15-9-7-14(8-10-15)24(27,28)29)31-19(32-23(21)34-20)11-13-3-1-4-13/h2,5-10,13H,1,3-4,11-12H2,(H,30,31,32). The molecule has 2 aromatic heterocycles. The average molecular weight is 523 g/mol. The van der Waals surface area contributed by atoms with Gasteiger partial charge in [-0.1, -0.05) is 59.9 Å². The molecule has 10 heteroatoms. The molecule has 0 aliphatic heterocycles. The quantitative estimate of drug-likeness (QED) is 0.278. The molecule has 0 bridgehead atoms. The van der Waals surface area contributed by atoms with Crippen LogP contribution in [0.25, 0.3) is 10.3 Å². The van der Waals surface area contributed by atoms with Crippen molar-refractivity contribution < 1.29 is 13.2 Å². The van der Waals surface area contributed by atoms with E-state index in [9.17, 15) is 13.2 Å². The van der Waals surface area contributed by atoms with Crippen LogP contribution in [0.4, 0.5) is 24.7 Å². The minimum atomic E-state index is -4.39. The summed E-state index contributed by atoms with van der Waals surface area (Å²) in [6.45, 7) is 0. The van der Waals surface area contributed by atoms with Crippen molar-refractivity contribution in [2.24, 2.45) is 5.92 Å². The van der Waals surface area contributed by atoms with Gasteiger partial charge in [-0.15, -0.1) is 0 Å². The van der Waals surface area contributed by atoms with E-state index in [2.05, 4.69) is 5.32 Å². The Kier molecular flexibility index (Phi) is 6.39. The Morgan fingerprint density at radius 1 is 0.971 bits per heavy atom. The molecule has 0 radical (unpaired) electrons. The van der Waals surface area contributed by atoms with E-state index >= 15 is 0 Å². The molecule has 0 saturated heterocycles. The number of hydrogen-bond acceptors (Lipinski definition) is 5. The summed E-state index contributed by atoms with van der Waals surface area (Å²) < 4.78 is 38.8. The summed E-state index contributed by atoms with van der Waals surface area (Å²) in [5.74, 6) is 1.75. The number of benzene rings is 2. The lowest BCUT2D eigenvalue weighted by atomic mass is 9.83. The van der Waals surface area contributed by atoms with Gasteiger partial charge in [0.25, 0.3) is 0 Å². The number of hydrogen-bond donors (Lipinski definition) is 1.